The smallest absolute Gasteiger partial charge is 0.242 e. The van der Waals surface area contributed by atoms with E-state index in [4.69, 9.17) is 4.74 Å². The lowest BCUT2D eigenvalue weighted by Gasteiger charge is -2.24. The highest BCUT2D eigenvalue weighted by atomic mass is 16.5. The average molecular weight is 304 g/mol. The van der Waals surface area contributed by atoms with Crippen molar-refractivity contribution in [3.8, 4) is 5.88 Å². The van der Waals surface area contributed by atoms with E-state index in [-0.39, 0.29) is 11.9 Å². The lowest BCUT2D eigenvalue weighted by molar-refractivity contribution is -0.122. The van der Waals surface area contributed by atoms with Crippen LogP contribution in [0.25, 0.3) is 0 Å². The summed E-state index contributed by atoms with van der Waals surface area (Å²) < 4.78 is 5.64. The van der Waals surface area contributed by atoms with Crippen molar-refractivity contribution < 1.29 is 9.53 Å². The second kappa shape index (κ2) is 6.50. The Morgan fingerprint density at radius 3 is 2.95 bits per heavy atom. The third-order valence-electron chi connectivity index (χ3n) is 3.94. The number of nitrogens with zero attached hydrogens (tertiary/aromatic N) is 3. The second-order valence-electron chi connectivity index (χ2n) is 6.55. The molecule has 1 saturated carbocycles. The molecule has 0 unspecified atom stereocenters. The van der Waals surface area contributed by atoms with Crippen molar-refractivity contribution in [2.45, 2.75) is 51.6 Å². The van der Waals surface area contributed by atoms with Crippen LogP contribution in [-0.2, 0) is 4.79 Å². The van der Waals surface area contributed by atoms with Crippen LogP contribution in [0.5, 0.6) is 5.88 Å². The SMILES string of the molecule is CC(C)COc1cncc(N2CCC[C@@H]2C(=O)NC2CC2)n1. The summed E-state index contributed by atoms with van der Waals surface area (Å²) >= 11 is 0. The fourth-order valence-corrected chi connectivity index (χ4v) is 2.64. The van der Waals surface area contributed by atoms with Gasteiger partial charge in [0.15, 0.2) is 5.82 Å². The van der Waals surface area contributed by atoms with Crippen molar-refractivity contribution in [3.05, 3.63) is 12.4 Å². The molecule has 1 aromatic heterocycles. The predicted octanol–water partition coefficient (Wildman–Crippen LogP) is 1.76. The first-order valence-electron chi connectivity index (χ1n) is 8.15. The molecule has 1 amide bonds. The fraction of sp³-hybridized carbons (Fsp3) is 0.688. The first-order valence-corrected chi connectivity index (χ1v) is 8.15. The Morgan fingerprint density at radius 2 is 2.23 bits per heavy atom. The van der Waals surface area contributed by atoms with Crippen LogP contribution in [0, 0.1) is 5.92 Å². The van der Waals surface area contributed by atoms with Crippen molar-refractivity contribution in [1.82, 2.24) is 15.3 Å². The molecule has 2 heterocycles. The van der Waals surface area contributed by atoms with Gasteiger partial charge in [0.25, 0.3) is 0 Å². The van der Waals surface area contributed by atoms with E-state index in [1.807, 2.05) is 4.90 Å². The maximum atomic E-state index is 12.3. The monoisotopic (exact) mass is 304 g/mol. The van der Waals surface area contributed by atoms with E-state index < -0.39 is 0 Å². The predicted molar refractivity (Wildman–Crippen MR) is 83.9 cm³/mol. The van der Waals surface area contributed by atoms with E-state index in [2.05, 4.69) is 29.1 Å². The maximum Gasteiger partial charge on any atom is 0.242 e. The molecule has 6 nitrogen and oxygen atoms in total. The number of hydrogen-bond acceptors (Lipinski definition) is 5. The van der Waals surface area contributed by atoms with Crippen LogP contribution in [0.2, 0.25) is 0 Å². The molecule has 1 atom stereocenters. The van der Waals surface area contributed by atoms with E-state index in [9.17, 15) is 4.79 Å². The van der Waals surface area contributed by atoms with Crippen molar-refractivity contribution in [2.24, 2.45) is 5.92 Å². The summed E-state index contributed by atoms with van der Waals surface area (Å²) in [4.78, 5) is 23.1. The second-order valence-corrected chi connectivity index (χ2v) is 6.55. The zero-order valence-corrected chi connectivity index (χ0v) is 13.3. The van der Waals surface area contributed by atoms with Gasteiger partial charge < -0.3 is 15.0 Å². The number of carbonyl (C=O) groups is 1. The molecule has 1 N–H and O–H groups in total. The largest absolute Gasteiger partial charge is 0.476 e. The van der Waals surface area contributed by atoms with Crippen molar-refractivity contribution in [1.29, 1.82) is 0 Å². The molecule has 1 aromatic rings. The minimum atomic E-state index is -0.129. The molecule has 1 saturated heterocycles. The topological polar surface area (TPSA) is 67.3 Å². The van der Waals surface area contributed by atoms with Gasteiger partial charge in [-0.05, 0) is 31.6 Å². The molecule has 0 bridgehead atoms. The summed E-state index contributed by atoms with van der Waals surface area (Å²) in [5, 5.41) is 3.09. The van der Waals surface area contributed by atoms with E-state index in [0.717, 1.165) is 38.0 Å². The summed E-state index contributed by atoms with van der Waals surface area (Å²) in [6, 6.07) is 0.261. The van der Waals surface area contributed by atoms with E-state index in [0.29, 0.717) is 24.4 Å². The molecule has 120 valence electrons. The van der Waals surface area contributed by atoms with Crippen LogP contribution in [0.1, 0.15) is 39.5 Å². The van der Waals surface area contributed by atoms with Crippen LogP contribution in [0.15, 0.2) is 12.4 Å². The van der Waals surface area contributed by atoms with Crippen LogP contribution < -0.4 is 15.0 Å². The first kappa shape index (κ1) is 15.1. The number of amides is 1. The van der Waals surface area contributed by atoms with Gasteiger partial charge in [0.05, 0.1) is 19.0 Å². The molecule has 2 aliphatic rings. The molecule has 1 aliphatic carbocycles. The van der Waals surface area contributed by atoms with E-state index in [1.165, 1.54) is 0 Å². The van der Waals surface area contributed by atoms with Gasteiger partial charge in [-0.1, -0.05) is 13.8 Å². The quantitative estimate of drug-likeness (QED) is 0.867. The number of hydrogen-bond donors (Lipinski definition) is 1. The molecular weight excluding hydrogens is 280 g/mol. The number of ether oxygens (including phenoxy) is 1. The average Bonchev–Trinajstić information content (AvgIpc) is 3.17. The molecule has 0 aromatic carbocycles. The summed E-state index contributed by atoms with van der Waals surface area (Å²) in [5.41, 5.74) is 0. The van der Waals surface area contributed by atoms with Gasteiger partial charge in [0.1, 0.15) is 6.04 Å². The third kappa shape index (κ3) is 3.67. The first-order chi connectivity index (χ1) is 10.6. The Hall–Kier alpha value is -1.85. The van der Waals surface area contributed by atoms with Gasteiger partial charge in [0.2, 0.25) is 11.8 Å². The number of aromatic nitrogens is 2. The number of carbonyl (C=O) groups excluding carboxylic acids is 1. The lowest BCUT2D eigenvalue weighted by Crippen LogP contribution is -2.44. The number of anilines is 1. The normalized spacial score (nSPS) is 21.2. The highest BCUT2D eigenvalue weighted by Gasteiger charge is 2.34. The van der Waals surface area contributed by atoms with Crippen LogP contribution in [-0.4, -0.2) is 41.1 Å². The molecule has 0 radical (unpaired) electrons. The van der Waals surface area contributed by atoms with Crippen LogP contribution in [0.4, 0.5) is 5.82 Å². The molecular formula is C16H24N4O2. The zero-order chi connectivity index (χ0) is 15.5. The Bertz CT molecular complexity index is 531. The highest BCUT2D eigenvalue weighted by molar-refractivity contribution is 5.86. The Kier molecular flexibility index (Phi) is 4.45. The Balaban J connectivity index is 1.68. The summed E-state index contributed by atoms with van der Waals surface area (Å²) in [5.74, 6) is 1.82. The standard InChI is InChI=1S/C16H24N4O2/c1-11(2)10-22-15-9-17-8-14(19-15)20-7-3-4-13(20)16(21)18-12-5-6-12/h8-9,11-13H,3-7,10H2,1-2H3,(H,18,21)/t13-/m1/s1. The van der Waals surface area contributed by atoms with Crippen molar-refractivity contribution in [2.75, 3.05) is 18.1 Å². The Labute approximate surface area is 131 Å². The molecule has 0 spiro atoms. The van der Waals surface area contributed by atoms with Gasteiger partial charge >= 0.3 is 0 Å². The van der Waals surface area contributed by atoms with E-state index in [1.54, 1.807) is 12.4 Å². The van der Waals surface area contributed by atoms with Gasteiger partial charge in [-0.2, -0.15) is 4.98 Å². The van der Waals surface area contributed by atoms with Gasteiger partial charge in [-0.25, -0.2) is 0 Å². The van der Waals surface area contributed by atoms with E-state index >= 15 is 0 Å². The van der Waals surface area contributed by atoms with Crippen LogP contribution >= 0.6 is 0 Å². The molecule has 1 aliphatic heterocycles. The van der Waals surface area contributed by atoms with Gasteiger partial charge in [-0.3, -0.25) is 9.78 Å². The summed E-state index contributed by atoms with van der Waals surface area (Å²) in [6.45, 7) is 5.64. The van der Waals surface area contributed by atoms with Gasteiger partial charge in [-0.15, -0.1) is 0 Å². The Morgan fingerprint density at radius 1 is 1.41 bits per heavy atom. The minimum Gasteiger partial charge on any atom is -0.476 e. The van der Waals surface area contributed by atoms with Crippen molar-refractivity contribution in [3.63, 3.8) is 0 Å². The zero-order valence-electron chi connectivity index (χ0n) is 13.3. The summed E-state index contributed by atoms with van der Waals surface area (Å²) in [7, 11) is 0. The highest BCUT2D eigenvalue weighted by Crippen LogP contribution is 2.26. The third-order valence-corrected chi connectivity index (χ3v) is 3.94. The maximum absolute atomic E-state index is 12.3. The summed E-state index contributed by atoms with van der Waals surface area (Å²) in [6.07, 6.45) is 7.43. The number of rotatable bonds is 6. The minimum absolute atomic E-state index is 0.121. The fourth-order valence-electron chi connectivity index (χ4n) is 2.64. The molecule has 6 heteroatoms. The lowest BCUT2D eigenvalue weighted by atomic mass is 10.2. The molecule has 22 heavy (non-hydrogen) atoms. The van der Waals surface area contributed by atoms with Gasteiger partial charge in [0, 0.05) is 12.6 Å². The molecule has 2 fully saturated rings. The van der Waals surface area contributed by atoms with Crippen LogP contribution in [0.3, 0.4) is 0 Å². The number of nitrogens with one attached hydrogen (secondary N) is 1. The molecule has 3 rings (SSSR count). The van der Waals surface area contributed by atoms with Crippen molar-refractivity contribution >= 4 is 11.7 Å².